The van der Waals surface area contributed by atoms with Gasteiger partial charge in [-0.15, -0.1) is 0 Å². The van der Waals surface area contributed by atoms with Crippen LogP contribution < -0.4 is 0 Å². The third-order valence-corrected chi connectivity index (χ3v) is 4.87. The van der Waals surface area contributed by atoms with Gasteiger partial charge in [0.15, 0.2) is 23.5 Å². The van der Waals surface area contributed by atoms with E-state index in [0.717, 1.165) is 17.7 Å². The highest BCUT2D eigenvalue weighted by Gasteiger charge is 2.44. The standard InChI is InChI=1S/C21H24O10/c22-13-8-12(9-14(23)16(13)24)20(28)30-10-15-17(25)18(26)19(27)21(31-15)29-7-6-11-4-2-1-3-5-11/h1-5,8-9,15,17-19,21-27H,6-7,10H2/t15-,17-,18+,19-,21-/m1/s1. The van der Waals surface area contributed by atoms with Crippen LogP contribution in [-0.4, -0.2) is 80.5 Å². The van der Waals surface area contributed by atoms with Crippen molar-refractivity contribution in [2.24, 2.45) is 0 Å². The maximum absolute atomic E-state index is 12.2. The molecule has 0 aromatic heterocycles. The first kappa shape index (κ1) is 22.8. The first-order valence-corrected chi connectivity index (χ1v) is 9.55. The summed E-state index contributed by atoms with van der Waals surface area (Å²) in [4.78, 5) is 12.2. The summed E-state index contributed by atoms with van der Waals surface area (Å²) in [7, 11) is 0. The molecule has 5 atom stereocenters. The van der Waals surface area contributed by atoms with Gasteiger partial charge < -0.3 is 44.8 Å². The molecule has 31 heavy (non-hydrogen) atoms. The molecule has 3 rings (SSSR count). The lowest BCUT2D eigenvalue weighted by Gasteiger charge is -2.39. The van der Waals surface area contributed by atoms with Gasteiger partial charge in [0.2, 0.25) is 0 Å². The fourth-order valence-electron chi connectivity index (χ4n) is 3.09. The summed E-state index contributed by atoms with van der Waals surface area (Å²) in [6.07, 6.45) is -6.60. The Morgan fingerprint density at radius 2 is 1.58 bits per heavy atom. The van der Waals surface area contributed by atoms with E-state index in [9.17, 15) is 35.4 Å². The van der Waals surface area contributed by atoms with E-state index in [0.29, 0.717) is 6.42 Å². The molecule has 0 bridgehead atoms. The molecule has 1 aliphatic rings. The number of carbonyl (C=O) groups excluding carboxylic acids is 1. The second-order valence-corrected chi connectivity index (χ2v) is 7.08. The number of carbonyl (C=O) groups is 1. The largest absolute Gasteiger partial charge is 0.504 e. The predicted octanol–water partition coefficient (Wildman–Crippen LogP) is 0.0271. The molecule has 1 fully saturated rings. The second-order valence-electron chi connectivity index (χ2n) is 7.08. The number of benzene rings is 2. The van der Waals surface area contributed by atoms with Crippen molar-refractivity contribution in [1.82, 2.24) is 0 Å². The van der Waals surface area contributed by atoms with Crippen molar-refractivity contribution in [3.63, 3.8) is 0 Å². The van der Waals surface area contributed by atoms with E-state index < -0.39 is 60.5 Å². The van der Waals surface area contributed by atoms with Crippen LogP contribution in [0.15, 0.2) is 42.5 Å². The topological polar surface area (TPSA) is 166 Å². The summed E-state index contributed by atoms with van der Waals surface area (Å²) in [5.74, 6) is -3.20. The van der Waals surface area contributed by atoms with Crippen LogP contribution >= 0.6 is 0 Å². The highest BCUT2D eigenvalue weighted by Crippen LogP contribution is 2.35. The molecule has 2 aromatic carbocycles. The van der Waals surface area contributed by atoms with Gasteiger partial charge >= 0.3 is 5.97 Å². The summed E-state index contributed by atoms with van der Waals surface area (Å²) in [6, 6.07) is 11.2. The number of phenolic OH excluding ortho intramolecular Hbond substituents is 3. The molecule has 0 saturated carbocycles. The summed E-state index contributed by atoms with van der Waals surface area (Å²) in [5, 5.41) is 58.7. The van der Waals surface area contributed by atoms with Gasteiger partial charge in [0.05, 0.1) is 12.2 Å². The quantitative estimate of drug-likeness (QED) is 0.257. The van der Waals surface area contributed by atoms with Crippen molar-refractivity contribution in [1.29, 1.82) is 0 Å². The van der Waals surface area contributed by atoms with Crippen molar-refractivity contribution in [3.05, 3.63) is 53.6 Å². The normalized spacial score (nSPS) is 25.8. The molecule has 0 amide bonds. The molecule has 10 heteroatoms. The minimum Gasteiger partial charge on any atom is -0.504 e. The zero-order valence-corrected chi connectivity index (χ0v) is 16.4. The van der Waals surface area contributed by atoms with E-state index in [1.165, 1.54) is 0 Å². The molecule has 10 nitrogen and oxygen atoms in total. The zero-order chi connectivity index (χ0) is 22.5. The Kier molecular flexibility index (Phi) is 7.31. The monoisotopic (exact) mass is 436 g/mol. The number of hydrogen-bond acceptors (Lipinski definition) is 10. The maximum atomic E-state index is 12.2. The highest BCUT2D eigenvalue weighted by molar-refractivity contribution is 5.91. The second kappa shape index (κ2) is 9.94. The number of aliphatic hydroxyl groups excluding tert-OH is 3. The molecule has 1 heterocycles. The fraction of sp³-hybridized carbons (Fsp3) is 0.381. The summed E-state index contributed by atoms with van der Waals surface area (Å²) in [5.41, 5.74) is 0.744. The number of aliphatic hydroxyl groups is 3. The molecule has 0 radical (unpaired) electrons. The van der Waals surface area contributed by atoms with Crippen LogP contribution in [0.3, 0.4) is 0 Å². The Labute approximate surface area is 177 Å². The van der Waals surface area contributed by atoms with Crippen molar-refractivity contribution in [3.8, 4) is 17.2 Å². The van der Waals surface area contributed by atoms with E-state index in [1.807, 2.05) is 30.3 Å². The van der Waals surface area contributed by atoms with Gasteiger partial charge in [0.25, 0.3) is 0 Å². The van der Waals surface area contributed by atoms with Gasteiger partial charge in [-0.2, -0.15) is 0 Å². The Morgan fingerprint density at radius 3 is 2.23 bits per heavy atom. The van der Waals surface area contributed by atoms with Crippen molar-refractivity contribution < 1.29 is 49.6 Å². The van der Waals surface area contributed by atoms with Gasteiger partial charge in [-0.05, 0) is 24.1 Å². The van der Waals surface area contributed by atoms with Gasteiger partial charge in [-0.25, -0.2) is 4.79 Å². The summed E-state index contributed by atoms with van der Waals surface area (Å²) in [6.45, 7) is -0.335. The predicted molar refractivity (Wildman–Crippen MR) is 104 cm³/mol. The SMILES string of the molecule is O=C(OC[C@H]1O[C@@H](OCCc2ccccc2)[C@H](O)[C@@H](O)[C@@H]1O)c1cc(O)c(O)c(O)c1. The molecular weight excluding hydrogens is 412 g/mol. The van der Waals surface area contributed by atoms with Crippen LogP contribution in [0.5, 0.6) is 17.2 Å². The molecular formula is C21H24O10. The summed E-state index contributed by atoms with van der Waals surface area (Å²) < 4.78 is 16.0. The lowest BCUT2D eigenvalue weighted by atomic mass is 9.99. The molecule has 2 aromatic rings. The number of esters is 1. The minimum absolute atomic E-state index is 0.174. The number of phenols is 3. The number of rotatable bonds is 7. The van der Waals surface area contributed by atoms with Crippen LogP contribution in [-0.2, 0) is 20.6 Å². The van der Waals surface area contributed by atoms with Crippen LogP contribution in [0.4, 0.5) is 0 Å². The molecule has 1 aliphatic heterocycles. The third kappa shape index (κ3) is 5.43. The fourth-order valence-corrected chi connectivity index (χ4v) is 3.09. The number of hydrogen-bond donors (Lipinski definition) is 6. The highest BCUT2D eigenvalue weighted by atomic mass is 16.7. The average molecular weight is 436 g/mol. The van der Waals surface area contributed by atoms with E-state index >= 15 is 0 Å². The van der Waals surface area contributed by atoms with E-state index in [1.54, 1.807) is 0 Å². The number of ether oxygens (including phenoxy) is 3. The molecule has 0 unspecified atom stereocenters. The maximum Gasteiger partial charge on any atom is 0.338 e. The van der Waals surface area contributed by atoms with Crippen LogP contribution in [0, 0.1) is 0 Å². The van der Waals surface area contributed by atoms with Crippen molar-refractivity contribution in [2.75, 3.05) is 13.2 Å². The minimum atomic E-state index is -1.60. The lowest BCUT2D eigenvalue weighted by molar-refractivity contribution is -0.300. The lowest BCUT2D eigenvalue weighted by Crippen LogP contribution is -2.59. The van der Waals surface area contributed by atoms with Crippen molar-refractivity contribution in [2.45, 2.75) is 37.1 Å². The Bertz CT molecular complexity index is 864. The third-order valence-electron chi connectivity index (χ3n) is 4.87. The van der Waals surface area contributed by atoms with Gasteiger partial charge in [-0.3, -0.25) is 0 Å². The molecule has 168 valence electrons. The van der Waals surface area contributed by atoms with Crippen LogP contribution in [0.25, 0.3) is 0 Å². The van der Waals surface area contributed by atoms with Gasteiger partial charge in [0, 0.05) is 0 Å². The smallest absolute Gasteiger partial charge is 0.338 e. The van der Waals surface area contributed by atoms with Crippen LogP contribution in [0.1, 0.15) is 15.9 Å². The molecule has 0 spiro atoms. The number of aromatic hydroxyl groups is 3. The van der Waals surface area contributed by atoms with Gasteiger partial charge in [0.1, 0.15) is 31.0 Å². The van der Waals surface area contributed by atoms with E-state index in [4.69, 9.17) is 14.2 Å². The average Bonchev–Trinajstić information content (AvgIpc) is 2.76. The molecule has 6 N–H and O–H groups in total. The summed E-state index contributed by atoms with van der Waals surface area (Å²) >= 11 is 0. The molecule has 0 aliphatic carbocycles. The van der Waals surface area contributed by atoms with E-state index in [2.05, 4.69) is 0 Å². The Morgan fingerprint density at radius 1 is 0.935 bits per heavy atom. The first-order chi connectivity index (χ1) is 14.8. The van der Waals surface area contributed by atoms with Crippen molar-refractivity contribution >= 4 is 5.97 Å². The van der Waals surface area contributed by atoms with E-state index in [-0.39, 0.29) is 12.2 Å². The van der Waals surface area contributed by atoms with Gasteiger partial charge in [-0.1, -0.05) is 30.3 Å². The molecule has 1 saturated heterocycles. The Balaban J connectivity index is 1.57. The first-order valence-electron chi connectivity index (χ1n) is 9.55. The van der Waals surface area contributed by atoms with Crippen LogP contribution in [0.2, 0.25) is 0 Å². The zero-order valence-electron chi connectivity index (χ0n) is 16.4. The Hall–Kier alpha value is -2.89.